The van der Waals surface area contributed by atoms with Crippen molar-refractivity contribution in [2.24, 2.45) is 5.92 Å². The first-order valence-corrected chi connectivity index (χ1v) is 5.10. The lowest BCUT2D eigenvalue weighted by molar-refractivity contribution is -0.144. The van der Waals surface area contributed by atoms with E-state index in [1.807, 2.05) is 6.07 Å². The second-order valence-corrected chi connectivity index (χ2v) is 3.58. The van der Waals surface area contributed by atoms with Crippen LogP contribution in [0.3, 0.4) is 0 Å². The number of carboxylic acid groups (broad SMARTS) is 1. The number of hydrogen-bond acceptors (Lipinski definition) is 3. The summed E-state index contributed by atoms with van der Waals surface area (Å²) in [6.07, 6.45) is 0.969. The molecule has 0 bridgehead atoms. The van der Waals surface area contributed by atoms with Crippen molar-refractivity contribution in [1.29, 1.82) is 0 Å². The first kappa shape index (κ1) is 12.9. The number of benzene rings is 1. The molecule has 0 saturated carbocycles. The molecule has 5 heteroatoms. The molecule has 2 atom stereocenters. The predicted octanol–water partition coefficient (Wildman–Crippen LogP) is 0.243. The van der Waals surface area contributed by atoms with Gasteiger partial charge in [0.2, 0.25) is 6.41 Å². The van der Waals surface area contributed by atoms with Gasteiger partial charge in [-0.2, -0.15) is 0 Å². The summed E-state index contributed by atoms with van der Waals surface area (Å²) in [5.41, 5.74) is 0.805. The fraction of sp³-hybridized carbons (Fsp3) is 0.250. The van der Waals surface area contributed by atoms with Gasteiger partial charge in [0.15, 0.2) is 0 Å². The molecule has 0 aliphatic carbocycles. The molecule has 5 nitrogen and oxygen atoms in total. The lowest BCUT2D eigenvalue weighted by Gasteiger charge is -2.18. The third-order valence-electron chi connectivity index (χ3n) is 2.46. The second kappa shape index (κ2) is 6.42. The monoisotopic (exact) mass is 235 g/mol. The Hall–Kier alpha value is -2.17. The van der Waals surface area contributed by atoms with Gasteiger partial charge < -0.3 is 15.2 Å². The Bertz CT molecular complexity index is 391. The van der Waals surface area contributed by atoms with Crippen LogP contribution in [0.1, 0.15) is 5.56 Å². The van der Waals surface area contributed by atoms with E-state index < -0.39 is 17.9 Å². The molecule has 17 heavy (non-hydrogen) atoms. The molecule has 1 unspecified atom stereocenters. The van der Waals surface area contributed by atoms with Gasteiger partial charge in [0, 0.05) is 0 Å². The van der Waals surface area contributed by atoms with Crippen molar-refractivity contribution in [3.8, 4) is 0 Å². The molecular formula is C12H13NO4. The largest absolute Gasteiger partial charge is 0.481 e. The predicted molar refractivity (Wildman–Crippen MR) is 60.3 cm³/mol. The van der Waals surface area contributed by atoms with Gasteiger partial charge in [-0.1, -0.05) is 30.3 Å². The van der Waals surface area contributed by atoms with Gasteiger partial charge in [0.1, 0.15) is 6.29 Å². The Morgan fingerprint density at radius 3 is 2.41 bits per heavy atom. The van der Waals surface area contributed by atoms with Crippen molar-refractivity contribution in [1.82, 2.24) is 5.32 Å². The molecule has 0 saturated heterocycles. The normalized spacial score (nSPS) is 13.4. The number of nitrogens with one attached hydrogen (secondary N) is 1. The van der Waals surface area contributed by atoms with Crippen LogP contribution in [-0.4, -0.2) is 29.8 Å². The van der Waals surface area contributed by atoms with Crippen LogP contribution >= 0.6 is 0 Å². The highest BCUT2D eigenvalue weighted by atomic mass is 16.4. The summed E-state index contributed by atoms with van der Waals surface area (Å²) in [5.74, 6) is -2.07. The third kappa shape index (κ3) is 3.71. The van der Waals surface area contributed by atoms with E-state index in [-0.39, 0.29) is 6.42 Å². The number of carbonyl (C=O) groups is 3. The molecule has 2 N–H and O–H groups in total. The third-order valence-corrected chi connectivity index (χ3v) is 2.46. The van der Waals surface area contributed by atoms with Crippen LogP contribution in [0.2, 0.25) is 0 Å². The maximum absolute atomic E-state index is 11.1. The van der Waals surface area contributed by atoms with Gasteiger partial charge in [-0.15, -0.1) is 0 Å². The minimum absolute atomic E-state index is 0.195. The van der Waals surface area contributed by atoms with Crippen LogP contribution in [0.5, 0.6) is 0 Å². The zero-order valence-electron chi connectivity index (χ0n) is 9.08. The Morgan fingerprint density at radius 2 is 1.94 bits per heavy atom. The molecule has 1 rings (SSSR count). The maximum Gasteiger partial charge on any atom is 0.309 e. The molecule has 0 radical (unpaired) electrons. The SMILES string of the molecule is O=CN[C@H](C=O)C(Cc1ccccc1)C(=O)O. The van der Waals surface area contributed by atoms with E-state index in [0.29, 0.717) is 12.7 Å². The van der Waals surface area contributed by atoms with Crippen molar-refractivity contribution in [2.75, 3.05) is 0 Å². The molecule has 1 amide bonds. The number of carboxylic acids is 1. The quantitative estimate of drug-likeness (QED) is 0.663. The van der Waals surface area contributed by atoms with E-state index in [4.69, 9.17) is 5.11 Å². The summed E-state index contributed by atoms with van der Waals surface area (Å²) in [6, 6.07) is 7.94. The maximum atomic E-state index is 11.1. The topological polar surface area (TPSA) is 83.5 Å². The zero-order valence-corrected chi connectivity index (χ0v) is 9.08. The van der Waals surface area contributed by atoms with Gasteiger partial charge in [-0.25, -0.2) is 0 Å². The highest BCUT2D eigenvalue weighted by Gasteiger charge is 2.27. The van der Waals surface area contributed by atoms with Gasteiger partial charge in [0.25, 0.3) is 0 Å². The first-order valence-electron chi connectivity index (χ1n) is 5.10. The Labute approximate surface area is 98.4 Å². The van der Waals surface area contributed by atoms with E-state index in [1.54, 1.807) is 24.3 Å². The van der Waals surface area contributed by atoms with Crippen molar-refractivity contribution in [3.05, 3.63) is 35.9 Å². The zero-order chi connectivity index (χ0) is 12.7. The van der Waals surface area contributed by atoms with Crippen molar-refractivity contribution in [3.63, 3.8) is 0 Å². The molecule has 0 spiro atoms. The van der Waals surface area contributed by atoms with Crippen LogP contribution in [0, 0.1) is 5.92 Å². The Morgan fingerprint density at radius 1 is 1.29 bits per heavy atom. The lowest BCUT2D eigenvalue weighted by Crippen LogP contribution is -2.41. The number of rotatable bonds is 7. The summed E-state index contributed by atoms with van der Waals surface area (Å²) in [6.45, 7) is 0. The van der Waals surface area contributed by atoms with E-state index >= 15 is 0 Å². The number of hydrogen-bond donors (Lipinski definition) is 2. The molecule has 0 aliphatic rings. The number of amides is 1. The van der Waals surface area contributed by atoms with Gasteiger partial charge >= 0.3 is 5.97 Å². The van der Waals surface area contributed by atoms with E-state index in [0.717, 1.165) is 5.56 Å². The van der Waals surface area contributed by atoms with Crippen LogP contribution < -0.4 is 5.32 Å². The smallest absolute Gasteiger partial charge is 0.309 e. The Balaban J connectivity index is 2.82. The lowest BCUT2D eigenvalue weighted by atomic mass is 9.93. The number of carbonyl (C=O) groups excluding carboxylic acids is 2. The minimum atomic E-state index is -1.11. The molecule has 1 aromatic carbocycles. The number of aliphatic carboxylic acids is 1. The molecule has 0 heterocycles. The molecular weight excluding hydrogens is 222 g/mol. The summed E-state index contributed by atoms with van der Waals surface area (Å²) in [4.78, 5) is 32.1. The van der Waals surface area contributed by atoms with Gasteiger partial charge in [-0.05, 0) is 12.0 Å². The second-order valence-electron chi connectivity index (χ2n) is 3.58. The van der Waals surface area contributed by atoms with Crippen LogP contribution in [0.15, 0.2) is 30.3 Å². The van der Waals surface area contributed by atoms with Gasteiger partial charge in [0.05, 0.1) is 12.0 Å². The van der Waals surface area contributed by atoms with Gasteiger partial charge in [-0.3, -0.25) is 9.59 Å². The highest BCUT2D eigenvalue weighted by molar-refractivity contribution is 5.78. The van der Waals surface area contributed by atoms with Crippen molar-refractivity contribution >= 4 is 18.7 Å². The molecule has 0 aliphatic heterocycles. The summed E-state index contributed by atoms with van der Waals surface area (Å²) < 4.78 is 0. The highest BCUT2D eigenvalue weighted by Crippen LogP contribution is 2.12. The summed E-state index contributed by atoms with van der Waals surface area (Å²) in [7, 11) is 0. The van der Waals surface area contributed by atoms with Crippen LogP contribution in [0.4, 0.5) is 0 Å². The minimum Gasteiger partial charge on any atom is -0.481 e. The van der Waals surface area contributed by atoms with Crippen LogP contribution in [0.25, 0.3) is 0 Å². The van der Waals surface area contributed by atoms with E-state index in [2.05, 4.69) is 5.32 Å². The molecule has 90 valence electrons. The summed E-state index contributed by atoms with van der Waals surface area (Å²) in [5, 5.41) is 11.3. The fourth-order valence-electron chi connectivity index (χ4n) is 1.56. The molecule has 1 aromatic rings. The van der Waals surface area contributed by atoms with E-state index in [1.165, 1.54) is 0 Å². The molecule has 0 aromatic heterocycles. The summed E-state index contributed by atoms with van der Waals surface area (Å²) >= 11 is 0. The standard InChI is InChI=1S/C12H13NO4/c14-7-11(13-8-15)10(12(16)17)6-9-4-2-1-3-5-9/h1-5,7-8,10-11H,6H2,(H,13,15)(H,16,17)/t10?,11-/m1/s1. The molecule has 0 fully saturated rings. The average molecular weight is 235 g/mol. The Kier molecular flexibility index (Phi) is 4.87. The van der Waals surface area contributed by atoms with E-state index in [9.17, 15) is 14.4 Å². The van der Waals surface area contributed by atoms with Crippen LogP contribution in [-0.2, 0) is 20.8 Å². The fourth-order valence-corrected chi connectivity index (χ4v) is 1.56. The number of aldehydes is 1. The van der Waals surface area contributed by atoms with Crippen molar-refractivity contribution < 1.29 is 19.5 Å². The average Bonchev–Trinajstić information content (AvgIpc) is 2.34. The first-order chi connectivity index (χ1) is 8.19. The van der Waals surface area contributed by atoms with Crippen molar-refractivity contribution in [2.45, 2.75) is 12.5 Å².